The lowest BCUT2D eigenvalue weighted by atomic mass is 10.1. The monoisotopic (exact) mass is 331 g/mol. The molecule has 6 nitrogen and oxygen atoms in total. The predicted octanol–water partition coefficient (Wildman–Crippen LogP) is 0.572. The Hall–Kier alpha value is -1.79. The van der Waals surface area contributed by atoms with Crippen molar-refractivity contribution in [1.82, 2.24) is 20.0 Å². The van der Waals surface area contributed by atoms with Gasteiger partial charge in [0, 0.05) is 59.4 Å². The van der Waals surface area contributed by atoms with Crippen molar-refractivity contribution in [2.24, 2.45) is 4.99 Å². The van der Waals surface area contributed by atoms with Crippen LogP contribution in [0, 0.1) is 0 Å². The summed E-state index contributed by atoms with van der Waals surface area (Å²) in [6, 6.07) is 10.5. The standard InChI is InChI=1S/C18H29N5O/c1-19-18(20-14-16-15-22-8-10-23(16)11-9-22)21(2)12-13-24-17-6-4-3-5-7-17/h3-7,16H,8-15H2,1-2H3,(H,19,20). The second-order valence-corrected chi connectivity index (χ2v) is 6.50. The largest absolute Gasteiger partial charge is 0.492 e. The van der Waals surface area contributed by atoms with Crippen LogP contribution in [0.4, 0.5) is 0 Å². The van der Waals surface area contributed by atoms with Gasteiger partial charge in [-0.1, -0.05) is 18.2 Å². The van der Waals surface area contributed by atoms with E-state index in [0.717, 1.165) is 24.8 Å². The summed E-state index contributed by atoms with van der Waals surface area (Å²) in [7, 11) is 3.90. The molecule has 0 aliphatic carbocycles. The fraction of sp³-hybridized carbons (Fsp3) is 0.611. The van der Waals surface area contributed by atoms with Crippen LogP contribution in [0.1, 0.15) is 0 Å². The molecule has 132 valence electrons. The van der Waals surface area contributed by atoms with E-state index in [1.165, 1.54) is 32.7 Å². The van der Waals surface area contributed by atoms with Gasteiger partial charge in [-0.25, -0.2) is 0 Å². The van der Waals surface area contributed by atoms with Crippen LogP contribution in [0.2, 0.25) is 0 Å². The molecule has 6 heteroatoms. The Morgan fingerprint density at radius 1 is 1.25 bits per heavy atom. The van der Waals surface area contributed by atoms with Crippen molar-refractivity contribution in [1.29, 1.82) is 0 Å². The zero-order valence-corrected chi connectivity index (χ0v) is 14.8. The van der Waals surface area contributed by atoms with Crippen molar-refractivity contribution in [2.45, 2.75) is 6.04 Å². The van der Waals surface area contributed by atoms with Crippen LogP contribution in [0.5, 0.6) is 5.75 Å². The van der Waals surface area contributed by atoms with Crippen molar-refractivity contribution in [3.8, 4) is 5.75 Å². The molecule has 3 fully saturated rings. The molecule has 1 unspecified atom stereocenters. The van der Waals surface area contributed by atoms with Crippen LogP contribution in [0.3, 0.4) is 0 Å². The molecular weight excluding hydrogens is 302 g/mol. The summed E-state index contributed by atoms with van der Waals surface area (Å²) >= 11 is 0. The number of piperazine rings is 3. The van der Waals surface area contributed by atoms with Crippen molar-refractivity contribution in [3.05, 3.63) is 30.3 Å². The molecule has 3 heterocycles. The highest BCUT2D eigenvalue weighted by Gasteiger charge is 2.31. The van der Waals surface area contributed by atoms with E-state index in [2.05, 4.69) is 32.1 Å². The summed E-state index contributed by atoms with van der Waals surface area (Å²) in [6.07, 6.45) is 0. The molecule has 0 radical (unpaired) electrons. The van der Waals surface area contributed by atoms with Crippen molar-refractivity contribution >= 4 is 5.96 Å². The normalized spacial score (nSPS) is 26.2. The molecule has 0 amide bonds. The Morgan fingerprint density at radius 2 is 2.00 bits per heavy atom. The highest BCUT2D eigenvalue weighted by molar-refractivity contribution is 5.79. The molecule has 4 rings (SSSR count). The molecule has 2 bridgehead atoms. The van der Waals surface area contributed by atoms with Crippen LogP contribution in [-0.2, 0) is 0 Å². The molecule has 1 atom stereocenters. The van der Waals surface area contributed by atoms with Crippen LogP contribution in [-0.4, -0.2) is 93.2 Å². The van der Waals surface area contributed by atoms with Crippen LogP contribution in [0.25, 0.3) is 0 Å². The number of rotatable bonds is 6. The minimum Gasteiger partial charge on any atom is -0.492 e. The third-order valence-corrected chi connectivity index (χ3v) is 4.90. The van der Waals surface area contributed by atoms with Gasteiger partial charge >= 0.3 is 0 Å². The maximum atomic E-state index is 5.77. The zero-order chi connectivity index (χ0) is 16.8. The maximum absolute atomic E-state index is 5.77. The lowest BCUT2D eigenvalue weighted by Gasteiger charge is -2.47. The van der Waals surface area contributed by atoms with E-state index in [4.69, 9.17) is 4.74 Å². The first-order valence-electron chi connectivity index (χ1n) is 8.82. The zero-order valence-electron chi connectivity index (χ0n) is 14.8. The van der Waals surface area contributed by atoms with E-state index in [-0.39, 0.29) is 0 Å². The molecular formula is C18H29N5O. The summed E-state index contributed by atoms with van der Waals surface area (Å²) < 4.78 is 5.77. The summed E-state index contributed by atoms with van der Waals surface area (Å²) in [5, 5.41) is 3.52. The third-order valence-electron chi connectivity index (χ3n) is 4.90. The van der Waals surface area contributed by atoms with E-state index < -0.39 is 0 Å². The summed E-state index contributed by atoms with van der Waals surface area (Å²) in [5.41, 5.74) is 0. The number of ether oxygens (including phenoxy) is 1. The van der Waals surface area contributed by atoms with Gasteiger partial charge in [-0.3, -0.25) is 14.8 Å². The minimum absolute atomic E-state index is 0.596. The Balaban J connectivity index is 1.40. The van der Waals surface area contributed by atoms with Gasteiger partial charge in [0.2, 0.25) is 0 Å². The first-order chi connectivity index (χ1) is 11.8. The molecule has 3 aliphatic heterocycles. The van der Waals surface area contributed by atoms with Crippen molar-refractivity contribution < 1.29 is 4.74 Å². The van der Waals surface area contributed by atoms with Gasteiger partial charge in [-0.05, 0) is 12.1 Å². The van der Waals surface area contributed by atoms with Gasteiger partial charge in [0.05, 0.1) is 6.54 Å². The van der Waals surface area contributed by atoms with E-state index in [9.17, 15) is 0 Å². The van der Waals surface area contributed by atoms with Gasteiger partial charge in [0.15, 0.2) is 5.96 Å². The SMILES string of the molecule is CN=C(NCC1CN2CCN1CC2)N(C)CCOc1ccccc1. The van der Waals surface area contributed by atoms with E-state index in [0.29, 0.717) is 12.6 Å². The fourth-order valence-corrected chi connectivity index (χ4v) is 3.44. The maximum Gasteiger partial charge on any atom is 0.193 e. The van der Waals surface area contributed by atoms with Gasteiger partial charge in [0.25, 0.3) is 0 Å². The van der Waals surface area contributed by atoms with Crippen molar-refractivity contribution in [3.63, 3.8) is 0 Å². The molecule has 1 N–H and O–H groups in total. The quantitative estimate of drug-likeness (QED) is 0.610. The van der Waals surface area contributed by atoms with Gasteiger partial charge in [-0.15, -0.1) is 0 Å². The average molecular weight is 331 g/mol. The molecule has 3 saturated heterocycles. The summed E-state index contributed by atoms with van der Waals surface area (Å²) in [5.74, 6) is 1.85. The van der Waals surface area contributed by atoms with Gasteiger partial charge in [-0.2, -0.15) is 0 Å². The average Bonchev–Trinajstić information content (AvgIpc) is 2.64. The molecule has 0 spiro atoms. The highest BCUT2D eigenvalue weighted by atomic mass is 16.5. The Bertz CT molecular complexity index is 527. The number of aliphatic imine (C=N–C) groups is 1. The second-order valence-electron chi connectivity index (χ2n) is 6.50. The Kier molecular flexibility index (Phi) is 5.93. The predicted molar refractivity (Wildman–Crippen MR) is 97.7 cm³/mol. The van der Waals surface area contributed by atoms with Gasteiger partial charge in [0.1, 0.15) is 12.4 Å². The molecule has 0 saturated carbocycles. The number of nitrogens with one attached hydrogen (secondary N) is 1. The number of likely N-dealkylation sites (N-methyl/N-ethyl adjacent to an activating group) is 1. The lowest BCUT2D eigenvalue weighted by molar-refractivity contribution is 0.0152. The minimum atomic E-state index is 0.596. The number of para-hydroxylation sites is 1. The van der Waals surface area contributed by atoms with Crippen molar-refractivity contribution in [2.75, 3.05) is 66.5 Å². The number of guanidine groups is 1. The Labute approximate surface area is 145 Å². The molecule has 24 heavy (non-hydrogen) atoms. The third kappa shape index (κ3) is 4.39. The van der Waals surface area contributed by atoms with Crippen LogP contribution >= 0.6 is 0 Å². The van der Waals surface area contributed by atoms with E-state index in [1.54, 1.807) is 0 Å². The first kappa shape index (κ1) is 17.0. The topological polar surface area (TPSA) is 43.3 Å². The van der Waals surface area contributed by atoms with Crippen LogP contribution in [0.15, 0.2) is 35.3 Å². The molecule has 0 aromatic heterocycles. The van der Waals surface area contributed by atoms with E-state index in [1.807, 2.05) is 37.4 Å². The molecule has 1 aromatic rings. The number of fused-ring (bicyclic) bond motifs is 3. The van der Waals surface area contributed by atoms with Crippen LogP contribution < -0.4 is 10.1 Å². The number of benzene rings is 1. The summed E-state index contributed by atoms with van der Waals surface area (Å²) in [4.78, 5) is 11.7. The Morgan fingerprint density at radius 3 is 2.62 bits per heavy atom. The lowest BCUT2D eigenvalue weighted by Crippen LogP contribution is -2.63. The first-order valence-corrected chi connectivity index (χ1v) is 8.82. The number of hydrogen-bond acceptors (Lipinski definition) is 4. The number of hydrogen-bond donors (Lipinski definition) is 1. The summed E-state index contributed by atoms with van der Waals surface area (Å²) in [6.45, 7) is 8.42. The molecule has 3 aliphatic rings. The molecule has 1 aromatic carbocycles. The van der Waals surface area contributed by atoms with Gasteiger partial charge < -0.3 is 15.0 Å². The fourth-order valence-electron chi connectivity index (χ4n) is 3.44. The van der Waals surface area contributed by atoms with E-state index >= 15 is 0 Å². The smallest absolute Gasteiger partial charge is 0.193 e. The number of nitrogens with zero attached hydrogens (tertiary/aromatic N) is 4. The second kappa shape index (κ2) is 8.35. The highest BCUT2D eigenvalue weighted by Crippen LogP contribution is 2.14.